The van der Waals surface area contributed by atoms with E-state index in [0.717, 1.165) is 38.5 Å². The van der Waals surface area contributed by atoms with Crippen LogP contribution >= 0.6 is 0 Å². The SMILES string of the molecule is CC/C=C/C/C=C/C/C=C/CC(=O)OC(COCCC(C(=O)[O-])[N+](C)(C)C)COC(=O)CCCCCCCCCCCCCCCCC. The lowest BCUT2D eigenvalue weighted by atomic mass is 10.0. The second-order valence-electron chi connectivity index (χ2n) is 13.8. The second kappa shape index (κ2) is 31.8. The van der Waals surface area contributed by atoms with Crippen molar-refractivity contribution in [2.45, 2.75) is 161 Å². The van der Waals surface area contributed by atoms with Crippen LogP contribution < -0.4 is 5.11 Å². The molecule has 8 heteroatoms. The molecule has 0 aliphatic carbocycles. The standard InChI is InChI=1S/C40H71NO7/c1-6-8-10-12-14-16-17-18-19-20-21-23-24-26-28-30-38(42)47-35-36(34-46-33-32-37(40(44)45)41(3,4)5)48-39(43)31-29-27-25-22-15-13-11-9-7-2/h9,11,15,22,27,29,36-37H,6-8,10,12-14,16-21,23-26,28,30-35H2,1-5H3/b11-9+,22-15+,29-27+. The van der Waals surface area contributed by atoms with Crippen molar-refractivity contribution < 1.29 is 38.2 Å². The Morgan fingerprint density at radius 3 is 1.65 bits per heavy atom. The number of likely N-dealkylation sites (N-methyl/N-ethyl adjacent to an activating group) is 1. The van der Waals surface area contributed by atoms with Crippen molar-refractivity contribution in [3.63, 3.8) is 0 Å². The van der Waals surface area contributed by atoms with Crippen LogP contribution in [0, 0.1) is 0 Å². The van der Waals surface area contributed by atoms with Gasteiger partial charge in [-0.2, -0.15) is 0 Å². The Kier molecular flexibility index (Phi) is 30.2. The highest BCUT2D eigenvalue weighted by molar-refractivity contribution is 5.71. The summed E-state index contributed by atoms with van der Waals surface area (Å²) in [6.45, 7) is 4.42. The molecular weight excluding hydrogens is 606 g/mol. The maximum atomic E-state index is 12.5. The van der Waals surface area contributed by atoms with E-state index >= 15 is 0 Å². The molecule has 8 nitrogen and oxygen atoms in total. The molecular formula is C40H71NO7. The average molecular weight is 678 g/mol. The molecule has 0 N–H and O–H groups in total. The summed E-state index contributed by atoms with van der Waals surface area (Å²) in [6, 6.07) is -0.736. The van der Waals surface area contributed by atoms with Gasteiger partial charge in [0.25, 0.3) is 0 Å². The Labute approximate surface area is 293 Å². The molecule has 2 unspecified atom stereocenters. The van der Waals surface area contributed by atoms with Crippen molar-refractivity contribution in [3.8, 4) is 0 Å². The fraction of sp³-hybridized carbons (Fsp3) is 0.775. The summed E-state index contributed by atoms with van der Waals surface area (Å²) in [6.07, 6.45) is 33.5. The molecule has 48 heavy (non-hydrogen) atoms. The molecule has 0 aromatic heterocycles. The minimum atomic E-state index is -1.14. The molecule has 0 bridgehead atoms. The van der Waals surface area contributed by atoms with Crippen LogP contribution in [-0.4, -0.2) is 75.5 Å². The number of hydrogen-bond acceptors (Lipinski definition) is 7. The van der Waals surface area contributed by atoms with E-state index in [9.17, 15) is 19.5 Å². The van der Waals surface area contributed by atoms with Gasteiger partial charge in [0.05, 0.1) is 46.7 Å². The molecule has 0 saturated carbocycles. The average Bonchev–Trinajstić information content (AvgIpc) is 3.03. The highest BCUT2D eigenvalue weighted by Gasteiger charge is 2.25. The highest BCUT2D eigenvalue weighted by Crippen LogP contribution is 2.14. The number of carbonyl (C=O) groups excluding carboxylic acids is 3. The van der Waals surface area contributed by atoms with Crippen molar-refractivity contribution in [1.82, 2.24) is 0 Å². The van der Waals surface area contributed by atoms with Gasteiger partial charge in [-0.3, -0.25) is 9.59 Å². The lowest BCUT2D eigenvalue weighted by Crippen LogP contribution is -2.55. The molecule has 0 aromatic carbocycles. The van der Waals surface area contributed by atoms with Crippen LogP contribution in [-0.2, 0) is 28.6 Å². The number of rotatable bonds is 33. The largest absolute Gasteiger partial charge is 0.544 e. The smallest absolute Gasteiger partial charge is 0.310 e. The number of carbonyl (C=O) groups is 3. The number of carboxylic acid groups (broad SMARTS) is 1. The van der Waals surface area contributed by atoms with E-state index < -0.39 is 24.1 Å². The van der Waals surface area contributed by atoms with Crippen LogP contribution in [0.4, 0.5) is 0 Å². The zero-order valence-corrected chi connectivity index (χ0v) is 31.4. The summed E-state index contributed by atoms with van der Waals surface area (Å²) >= 11 is 0. The number of unbranched alkanes of at least 4 members (excludes halogenated alkanes) is 14. The summed E-state index contributed by atoms with van der Waals surface area (Å²) in [5.74, 6) is -1.89. The van der Waals surface area contributed by atoms with Crippen molar-refractivity contribution in [2.75, 3.05) is 41.0 Å². The molecule has 278 valence electrons. The molecule has 0 radical (unpaired) electrons. The molecule has 0 heterocycles. The lowest BCUT2D eigenvalue weighted by molar-refractivity contribution is -0.889. The number of carboxylic acids is 1. The van der Waals surface area contributed by atoms with Gasteiger partial charge >= 0.3 is 11.9 Å². The van der Waals surface area contributed by atoms with Crippen LogP contribution in [0.15, 0.2) is 36.5 Å². The molecule has 0 aliphatic heterocycles. The summed E-state index contributed by atoms with van der Waals surface area (Å²) in [7, 11) is 5.36. The van der Waals surface area contributed by atoms with Gasteiger partial charge in [-0.15, -0.1) is 0 Å². The van der Waals surface area contributed by atoms with Gasteiger partial charge in [-0.25, -0.2) is 0 Å². The van der Waals surface area contributed by atoms with E-state index in [0.29, 0.717) is 6.42 Å². The van der Waals surface area contributed by atoms with Gasteiger partial charge in [0.2, 0.25) is 0 Å². The fourth-order valence-electron chi connectivity index (χ4n) is 5.37. The van der Waals surface area contributed by atoms with E-state index in [1.54, 1.807) is 27.2 Å². The Bertz CT molecular complexity index is 891. The van der Waals surface area contributed by atoms with E-state index in [2.05, 4.69) is 32.1 Å². The Morgan fingerprint density at radius 2 is 1.15 bits per heavy atom. The van der Waals surface area contributed by atoms with Crippen molar-refractivity contribution in [3.05, 3.63) is 36.5 Å². The number of ether oxygens (including phenoxy) is 3. The first-order chi connectivity index (χ1) is 23.1. The first-order valence-electron chi connectivity index (χ1n) is 19.0. The molecule has 0 rings (SSSR count). The number of allylic oxidation sites excluding steroid dienone is 5. The predicted molar refractivity (Wildman–Crippen MR) is 194 cm³/mol. The monoisotopic (exact) mass is 678 g/mol. The summed E-state index contributed by atoms with van der Waals surface area (Å²) in [4.78, 5) is 36.5. The molecule has 0 fully saturated rings. The predicted octanol–water partition coefficient (Wildman–Crippen LogP) is 8.18. The molecule has 0 aromatic rings. The van der Waals surface area contributed by atoms with E-state index in [-0.39, 0.29) is 43.1 Å². The van der Waals surface area contributed by atoms with Gasteiger partial charge in [0, 0.05) is 12.8 Å². The molecule has 0 aliphatic rings. The maximum Gasteiger partial charge on any atom is 0.310 e. The molecule has 0 amide bonds. The van der Waals surface area contributed by atoms with Crippen LogP contribution in [0.3, 0.4) is 0 Å². The number of esters is 2. The first-order valence-corrected chi connectivity index (χ1v) is 19.0. The maximum absolute atomic E-state index is 12.5. The van der Waals surface area contributed by atoms with Gasteiger partial charge in [-0.1, -0.05) is 140 Å². The number of aliphatic carboxylic acids is 1. The Hall–Kier alpha value is -2.45. The number of quaternary nitrogens is 1. The Morgan fingerprint density at radius 1 is 0.646 bits per heavy atom. The summed E-state index contributed by atoms with van der Waals surface area (Å²) in [5, 5.41) is 11.5. The van der Waals surface area contributed by atoms with Crippen LogP contribution in [0.25, 0.3) is 0 Å². The number of nitrogens with zero attached hydrogens (tertiary/aromatic N) is 1. The fourth-order valence-corrected chi connectivity index (χ4v) is 5.37. The molecule has 0 spiro atoms. The van der Waals surface area contributed by atoms with Gasteiger partial charge in [0.1, 0.15) is 12.6 Å². The molecule has 0 saturated heterocycles. The normalized spacial score (nSPS) is 13.4. The third-order valence-electron chi connectivity index (χ3n) is 8.32. The zero-order valence-electron chi connectivity index (χ0n) is 31.4. The van der Waals surface area contributed by atoms with E-state index in [1.165, 1.54) is 77.0 Å². The zero-order chi connectivity index (χ0) is 35.7. The third kappa shape index (κ3) is 29.7. The minimum absolute atomic E-state index is 0.00657. The van der Waals surface area contributed by atoms with Crippen LogP contribution in [0.2, 0.25) is 0 Å². The third-order valence-corrected chi connectivity index (χ3v) is 8.32. The topological polar surface area (TPSA) is 102 Å². The van der Waals surface area contributed by atoms with Crippen molar-refractivity contribution in [1.29, 1.82) is 0 Å². The quantitative estimate of drug-likeness (QED) is 0.0299. The Balaban J connectivity index is 4.42. The minimum Gasteiger partial charge on any atom is -0.544 e. The van der Waals surface area contributed by atoms with Crippen LogP contribution in [0.5, 0.6) is 0 Å². The lowest BCUT2D eigenvalue weighted by Gasteiger charge is -2.34. The van der Waals surface area contributed by atoms with Gasteiger partial charge < -0.3 is 28.6 Å². The van der Waals surface area contributed by atoms with E-state index in [1.807, 2.05) is 12.2 Å². The summed E-state index contributed by atoms with van der Waals surface area (Å²) in [5.41, 5.74) is 0. The van der Waals surface area contributed by atoms with Gasteiger partial charge in [-0.05, 0) is 25.7 Å². The van der Waals surface area contributed by atoms with Gasteiger partial charge in [0.15, 0.2) is 6.10 Å². The second-order valence-corrected chi connectivity index (χ2v) is 13.8. The first kappa shape index (κ1) is 45.6. The molecule has 2 atom stereocenters. The number of hydrogen-bond donors (Lipinski definition) is 0. The highest BCUT2D eigenvalue weighted by atomic mass is 16.6. The van der Waals surface area contributed by atoms with E-state index in [4.69, 9.17) is 14.2 Å². The van der Waals surface area contributed by atoms with Crippen molar-refractivity contribution in [2.24, 2.45) is 0 Å². The summed E-state index contributed by atoms with van der Waals surface area (Å²) < 4.78 is 16.9. The van der Waals surface area contributed by atoms with Crippen molar-refractivity contribution >= 4 is 17.9 Å². The van der Waals surface area contributed by atoms with Crippen LogP contribution in [0.1, 0.15) is 149 Å².